The van der Waals surface area contributed by atoms with Gasteiger partial charge in [-0.25, -0.2) is 4.79 Å². The molecule has 1 aliphatic rings. The highest BCUT2D eigenvalue weighted by Gasteiger charge is 2.20. The summed E-state index contributed by atoms with van der Waals surface area (Å²) in [6.07, 6.45) is -0.731. The van der Waals surface area contributed by atoms with Crippen molar-refractivity contribution in [3.63, 3.8) is 0 Å². The summed E-state index contributed by atoms with van der Waals surface area (Å²) in [4.78, 5) is 12.2. The lowest BCUT2D eigenvalue weighted by Crippen LogP contribution is -2.28. The van der Waals surface area contributed by atoms with E-state index in [-0.39, 0.29) is 12.2 Å². The highest BCUT2D eigenvalue weighted by molar-refractivity contribution is 5.77. The van der Waals surface area contributed by atoms with E-state index in [1.807, 2.05) is 24.3 Å². The van der Waals surface area contributed by atoms with Gasteiger partial charge < -0.3 is 18.9 Å². The molecule has 132 valence electrons. The molecule has 0 bridgehead atoms. The van der Waals surface area contributed by atoms with Crippen molar-refractivity contribution in [2.24, 2.45) is 0 Å². The van der Waals surface area contributed by atoms with Crippen LogP contribution in [0.4, 0.5) is 0 Å². The zero-order valence-corrected chi connectivity index (χ0v) is 14.9. The third-order valence-corrected chi connectivity index (χ3v) is 3.93. The van der Waals surface area contributed by atoms with Crippen molar-refractivity contribution < 1.29 is 23.7 Å². The van der Waals surface area contributed by atoms with Crippen LogP contribution in [-0.4, -0.2) is 18.9 Å². The molecule has 1 aliphatic heterocycles. The van der Waals surface area contributed by atoms with Crippen LogP contribution in [0.5, 0.6) is 23.0 Å². The number of carbonyl (C=O) groups excluding carboxylic acids is 1. The zero-order chi connectivity index (χ0) is 18.0. The van der Waals surface area contributed by atoms with Crippen LogP contribution in [0.25, 0.3) is 0 Å². The van der Waals surface area contributed by atoms with Crippen LogP contribution in [0.2, 0.25) is 0 Å². The summed E-state index contributed by atoms with van der Waals surface area (Å²) >= 11 is 0. The molecule has 0 spiro atoms. The molecular formula is C20H22O5. The van der Waals surface area contributed by atoms with Crippen LogP contribution in [-0.2, 0) is 10.2 Å². The van der Waals surface area contributed by atoms with Crippen LogP contribution < -0.4 is 18.9 Å². The van der Waals surface area contributed by atoms with Gasteiger partial charge in [0.15, 0.2) is 17.6 Å². The number of rotatable bonds is 4. The molecule has 3 rings (SSSR count). The maximum Gasteiger partial charge on any atom is 0.352 e. The molecule has 0 radical (unpaired) electrons. The molecule has 5 heteroatoms. The molecule has 1 atom stereocenters. The predicted molar refractivity (Wildman–Crippen MR) is 93.4 cm³/mol. The van der Waals surface area contributed by atoms with Crippen molar-refractivity contribution >= 4 is 5.97 Å². The molecule has 2 aromatic carbocycles. The van der Waals surface area contributed by atoms with E-state index in [1.165, 1.54) is 5.56 Å². The Kier molecular flexibility index (Phi) is 4.57. The molecule has 0 saturated heterocycles. The third-order valence-electron chi connectivity index (χ3n) is 3.93. The second-order valence-corrected chi connectivity index (χ2v) is 6.97. The zero-order valence-electron chi connectivity index (χ0n) is 14.9. The molecule has 0 unspecified atom stereocenters. The number of hydrogen-bond acceptors (Lipinski definition) is 5. The Hall–Kier alpha value is -2.69. The van der Waals surface area contributed by atoms with Gasteiger partial charge in [0.25, 0.3) is 0 Å². The highest BCUT2D eigenvalue weighted by atomic mass is 16.7. The second-order valence-electron chi connectivity index (χ2n) is 6.97. The predicted octanol–water partition coefficient (Wildman–Crippen LogP) is 4.09. The van der Waals surface area contributed by atoms with E-state index in [0.29, 0.717) is 23.0 Å². The molecule has 0 saturated carbocycles. The first-order valence-electron chi connectivity index (χ1n) is 8.21. The van der Waals surface area contributed by atoms with Crippen molar-refractivity contribution in [1.82, 2.24) is 0 Å². The van der Waals surface area contributed by atoms with Crippen LogP contribution in [0.3, 0.4) is 0 Å². The number of esters is 1. The molecule has 0 amide bonds. The van der Waals surface area contributed by atoms with E-state index >= 15 is 0 Å². The minimum atomic E-state index is -0.731. The first kappa shape index (κ1) is 17.1. The topological polar surface area (TPSA) is 54.0 Å². The second kappa shape index (κ2) is 6.67. The van der Waals surface area contributed by atoms with Gasteiger partial charge in [-0.1, -0.05) is 32.9 Å². The maximum atomic E-state index is 12.2. The van der Waals surface area contributed by atoms with Gasteiger partial charge in [0, 0.05) is 6.07 Å². The van der Waals surface area contributed by atoms with E-state index in [9.17, 15) is 4.79 Å². The summed E-state index contributed by atoms with van der Waals surface area (Å²) in [5.74, 6) is 1.76. The Morgan fingerprint density at radius 1 is 1.00 bits per heavy atom. The maximum absolute atomic E-state index is 12.2. The molecule has 0 aromatic heterocycles. The Morgan fingerprint density at radius 3 is 2.32 bits per heavy atom. The van der Waals surface area contributed by atoms with Crippen molar-refractivity contribution in [2.75, 3.05) is 6.79 Å². The summed E-state index contributed by atoms with van der Waals surface area (Å²) in [7, 11) is 0. The van der Waals surface area contributed by atoms with Gasteiger partial charge in [-0.05, 0) is 42.2 Å². The molecule has 2 aromatic rings. The number of fused-ring (bicyclic) bond motifs is 1. The summed E-state index contributed by atoms with van der Waals surface area (Å²) in [6, 6.07) is 12.7. The number of carbonyl (C=O) groups is 1. The van der Waals surface area contributed by atoms with Crippen molar-refractivity contribution in [3.8, 4) is 23.0 Å². The van der Waals surface area contributed by atoms with E-state index < -0.39 is 12.1 Å². The van der Waals surface area contributed by atoms with E-state index in [1.54, 1.807) is 25.1 Å². The van der Waals surface area contributed by atoms with Gasteiger partial charge in [-0.15, -0.1) is 0 Å². The van der Waals surface area contributed by atoms with E-state index in [2.05, 4.69) is 20.8 Å². The standard InChI is InChI=1S/C20H22O5/c1-13(24-15-7-5-14(6-8-15)20(2,3)4)19(21)25-16-9-10-17-18(11-16)23-12-22-17/h5-11,13H,12H2,1-4H3/t13-/m1/s1. The average molecular weight is 342 g/mol. The Bertz CT molecular complexity index is 759. The van der Waals surface area contributed by atoms with Gasteiger partial charge in [0.2, 0.25) is 6.79 Å². The Balaban J connectivity index is 1.61. The van der Waals surface area contributed by atoms with E-state index in [0.717, 1.165) is 0 Å². The molecular weight excluding hydrogens is 320 g/mol. The fraction of sp³-hybridized carbons (Fsp3) is 0.350. The molecule has 0 N–H and O–H groups in total. The van der Waals surface area contributed by atoms with Gasteiger partial charge in [-0.3, -0.25) is 0 Å². The largest absolute Gasteiger partial charge is 0.479 e. The van der Waals surface area contributed by atoms with Crippen LogP contribution in [0.15, 0.2) is 42.5 Å². The average Bonchev–Trinajstić information content (AvgIpc) is 3.02. The summed E-state index contributed by atoms with van der Waals surface area (Å²) in [5, 5.41) is 0. The van der Waals surface area contributed by atoms with Crippen LogP contribution >= 0.6 is 0 Å². The Labute approximate surface area is 147 Å². The SMILES string of the molecule is C[C@@H](Oc1ccc(C(C)(C)C)cc1)C(=O)Oc1ccc2c(c1)OCO2. The highest BCUT2D eigenvalue weighted by Crippen LogP contribution is 2.35. The van der Waals surface area contributed by atoms with E-state index in [4.69, 9.17) is 18.9 Å². The quantitative estimate of drug-likeness (QED) is 0.619. The summed E-state index contributed by atoms with van der Waals surface area (Å²) in [5.41, 5.74) is 1.28. The van der Waals surface area contributed by atoms with Crippen molar-refractivity contribution in [2.45, 2.75) is 39.2 Å². The lowest BCUT2D eigenvalue weighted by Gasteiger charge is -2.20. The van der Waals surface area contributed by atoms with Gasteiger partial charge in [0.1, 0.15) is 11.5 Å². The van der Waals surface area contributed by atoms with Crippen LogP contribution in [0.1, 0.15) is 33.3 Å². The Morgan fingerprint density at radius 2 is 1.64 bits per heavy atom. The number of hydrogen-bond donors (Lipinski definition) is 0. The number of ether oxygens (including phenoxy) is 4. The molecule has 0 fully saturated rings. The third kappa shape index (κ3) is 4.05. The first-order valence-corrected chi connectivity index (χ1v) is 8.21. The van der Waals surface area contributed by atoms with Crippen LogP contribution in [0, 0.1) is 0 Å². The smallest absolute Gasteiger partial charge is 0.352 e. The summed E-state index contributed by atoms with van der Waals surface area (Å²) < 4.78 is 21.5. The minimum Gasteiger partial charge on any atom is -0.479 e. The molecule has 25 heavy (non-hydrogen) atoms. The number of benzene rings is 2. The van der Waals surface area contributed by atoms with Crippen molar-refractivity contribution in [1.29, 1.82) is 0 Å². The fourth-order valence-corrected chi connectivity index (χ4v) is 2.43. The van der Waals surface area contributed by atoms with Gasteiger partial charge in [-0.2, -0.15) is 0 Å². The molecule has 1 heterocycles. The normalized spacial score (nSPS) is 14.1. The van der Waals surface area contributed by atoms with Gasteiger partial charge in [0.05, 0.1) is 0 Å². The summed E-state index contributed by atoms with van der Waals surface area (Å²) in [6.45, 7) is 8.28. The molecule has 0 aliphatic carbocycles. The minimum absolute atomic E-state index is 0.0719. The fourth-order valence-electron chi connectivity index (χ4n) is 2.43. The monoisotopic (exact) mass is 342 g/mol. The lowest BCUT2D eigenvalue weighted by atomic mass is 9.87. The lowest BCUT2D eigenvalue weighted by molar-refractivity contribution is -0.141. The van der Waals surface area contributed by atoms with Crippen molar-refractivity contribution in [3.05, 3.63) is 48.0 Å². The van der Waals surface area contributed by atoms with Gasteiger partial charge >= 0.3 is 5.97 Å². The molecule has 5 nitrogen and oxygen atoms in total. The first-order chi connectivity index (χ1) is 11.8.